The van der Waals surface area contributed by atoms with Gasteiger partial charge in [0.05, 0.1) is 0 Å². The quantitative estimate of drug-likeness (QED) is 0.311. The van der Waals surface area contributed by atoms with Crippen molar-refractivity contribution in [3.63, 3.8) is 0 Å². The molecule has 4 aromatic rings. The minimum atomic E-state index is -5.08. The first-order valence-electron chi connectivity index (χ1n) is 10.5. The first kappa shape index (κ1) is 30.3. The Morgan fingerprint density at radius 2 is 1.41 bits per heavy atom. The van der Waals surface area contributed by atoms with Gasteiger partial charge in [-0.05, 0) is 49.7 Å². The first-order chi connectivity index (χ1) is 18.0. The van der Waals surface area contributed by atoms with E-state index in [9.17, 15) is 31.1 Å². The molecule has 0 fully saturated rings. The van der Waals surface area contributed by atoms with Gasteiger partial charge in [-0.3, -0.25) is 4.79 Å². The Labute approximate surface area is 215 Å². The molecule has 3 N–H and O–H groups in total. The third-order valence-electron chi connectivity index (χ3n) is 4.62. The average Bonchev–Trinajstić information content (AvgIpc) is 3.46. The van der Waals surface area contributed by atoms with Crippen molar-refractivity contribution in [1.82, 2.24) is 18.9 Å². The number of fused-ring (bicyclic) bond motifs is 1. The second-order valence-corrected chi connectivity index (χ2v) is 7.50. The van der Waals surface area contributed by atoms with Crippen LogP contribution in [0.3, 0.4) is 0 Å². The molecular formula is C23H19F6N5O5. The highest BCUT2D eigenvalue weighted by Crippen LogP contribution is 2.17. The SMILES string of the molecule is Cc1cccn2cc(C(=O)Nc3ccc(-n4ccnc4C)cc3)nc12.O=C(O)C(F)(F)F.O=C(O)C(F)(F)F. The maximum absolute atomic E-state index is 12.5. The molecule has 0 bridgehead atoms. The number of amides is 1. The zero-order chi connectivity index (χ0) is 29.5. The zero-order valence-electron chi connectivity index (χ0n) is 19.9. The number of carbonyl (C=O) groups is 3. The predicted molar refractivity (Wildman–Crippen MR) is 124 cm³/mol. The number of alkyl halides is 6. The van der Waals surface area contributed by atoms with E-state index in [2.05, 4.69) is 15.3 Å². The van der Waals surface area contributed by atoms with Gasteiger partial charge in [-0.25, -0.2) is 19.6 Å². The van der Waals surface area contributed by atoms with Gasteiger partial charge in [0.25, 0.3) is 5.91 Å². The summed E-state index contributed by atoms with van der Waals surface area (Å²) in [6.45, 7) is 3.92. The Morgan fingerprint density at radius 3 is 1.85 bits per heavy atom. The summed E-state index contributed by atoms with van der Waals surface area (Å²) >= 11 is 0. The third-order valence-corrected chi connectivity index (χ3v) is 4.62. The van der Waals surface area contributed by atoms with Crippen molar-refractivity contribution in [2.45, 2.75) is 26.2 Å². The number of aryl methyl sites for hydroxylation is 2. The van der Waals surface area contributed by atoms with Crippen LogP contribution in [0.2, 0.25) is 0 Å². The number of benzene rings is 1. The standard InChI is InChI=1S/C19H17N5O.2C2HF3O2/c1-13-4-3-10-23-12-17(22-18(13)23)19(25)21-15-5-7-16(8-6-15)24-11-9-20-14(24)2;2*3-2(4,5)1(6)7/h3-12H,1-2H3,(H,21,25);2*(H,6,7). The summed E-state index contributed by atoms with van der Waals surface area (Å²) in [6, 6.07) is 11.5. The molecule has 10 nitrogen and oxygen atoms in total. The second-order valence-electron chi connectivity index (χ2n) is 7.50. The summed E-state index contributed by atoms with van der Waals surface area (Å²) in [5.41, 5.74) is 3.93. The number of carboxylic acids is 2. The summed E-state index contributed by atoms with van der Waals surface area (Å²) < 4.78 is 67.3. The number of pyridine rings is 1. The Bertz CT molecular complexity index is 1430. The smallest absolute Gasteiger partial charge is 0.475 e. The van der Waals surface area contributed by atoms with Gasteiger partial charge in [0.2, 0.25) is 0 Å². The third kappa shape index (κ3) is 8.58. The van der Waals surface area contributed by atoms with E-state index in [0.717, 1.165) is 28.4 Å². The van der Waals surface area contributed by atoms with Crippen LogP contribution >= 0.6 is 0 Å². The van der Waals surface area contributed by atoms with Crippen LogP contribution in [0.5, 0.6) is 0 Å². The van der Waals surface area contributed by atoms with E-state index in [-0.39, 0.29) is 5.91 Å². The number of carboxylic acid groups (broad SMARTS) is 2. The number of imidazole rings is 2. The number of carbonyl (C=O) groups excluding carboxylic acids is 1. The van der Waals surface area contributed by atoms with Crippen molar-refractivity contribution in [2.24, 2.45) is 0 Å². The molecule has 0 saturated heterocycles. The highest BCUT2D eigenvalue weighted by atomic mass is 19.4. The number of hydrogen-bond donors (Lipinski definition) is 3. The number of nitrogens with zero attached hydrogens (tertiary/aromatic N) is 4. The molecule has 3 aromatic heterocycles. The molecule has 0 atom stereocenters. The molecular weight excluding hydrogens is 540 g/mol. The molecule has 0 spiro atoms. The van der Waals surface area contributed by atoms with Gasteiger partial charge in [-0.1, -0.05) is 6.07 Å². The Kier molecular flexibility index (Phi) is 9.41. The van der Waals surface area contributed by atoms with Crippen molar-refractivity contribution in [3.05, 3.63) is 78.3 Å². The van der Waals surface area contributed by atoms with Crippen molar-refractivity contribution in [2.75, 3.05) is 5.32 Å². The molecule has 0 aliphatic carbocycles. The van der Waals surface area contributed by atoms with Crippen LogP contribution in [0.1, 0.15) is 21.9 Å². The maximum Gasteiger partial charge on any atom is 0.490 e. The Morgan fingerprint density at radius 1 is 0.872 bits per heavy atom. The van der Waals surface area contributed by atoms with Crippen molar-refractivity contribution in [1.29, 1.82) is 0 Å². The number of anilines is 1. The Balaban J connectivity index is 0.000000317. The van der Waals surface area contributed by atoms with Crippen molar-refractivity contribution >= 4 is 29.2 Å². The van der Waals surface area contributed by atoms with E-state index in [1.54, 1.807) is 12.4 Å². The van der Waals surface area contributed by atoms with Gasteiger partial charge >= 0.3 is 24.3 Å². The van der Waals surface area contributed by atoms with Gasteiger partial charge in [-0.15, -0.1) is 0 Å². The van der Waals surface area contributed by atoms with Gasteiger partial charge in [0.15, 0.2) is 0 Å². The van der Waals surface area contributed by atoms with Gasteiger partial charge < -0.3 is 24.5 Å². The van der Waals surface area contributed by atoms with E-state index >= 15 is 0 Å². The molecule has 0 aliphatic rings. The van der Waals surface area contributed by atoms with E-state index in [0.29, 0.717) is 5.69 Å². The molecule has 0 radical (unpaired) electrons. The number of rotatable bonds is 3. The van der Waals surface area contributed by atoms with Crippen LogP contribution < -0.4 is 5.32 Å². The highest BCUT2D eigenvalue weighted by molar-refractivity contribution is 6.03. The maximum atomic E-state index is 12.5. The number of aromatic nitrogens is 4. The first-order valence-corrected chi connectivity index (χ1v) is 10.5. The molecule has 39 heavy (non-hydrogen) atoms. The summed E-state index contributed by atoms with van der Waals surface area (Å²) in [7, 11) is 0. The van der Waals surface area contributed by atoms with Crippen LogP contribution in [-0.2, 0) is 9.59 Å². The largest absolute Gasteiger partial charge is 0.490 e. The molecule has 0 aliphatic heterocycles. The van der Waals surface area contributed by atoms with E-state index in [1.807, 2.05) is 71.6 Å². The van der Waals surface area contributed by atoms with Crippen LogP contribution in [0.15, 0.2) is 61.2 Å². The lowest BCUT2D eigenvalue weighted by Crippen LogP contribution is -2.21. The number of nitrogens with one attached hydrogen (secondary N) is 1. The average molecular weight is 559 g/mol. The molecule has 0 saturated carbocycles. The topological polar surface area (TPSA) is 139 Å². The lowest BCUT2D eigenvalue weighted by molar-refractivity contribution is -0.193. The lowest BCUT2D eigenvalue weighted by atomic mass is 10.2. The molecule has 1 aromatic carbocycles. The Hall–Kier alpha value is -4.89. The molecule has 1 amide bonds. The van der Waals surface area contributed by atoms with Crippen LogP contribution in [0.4, 0.5) is 32.0 Å². The van der Waals surface area contributed by atoms with E-state index < -0.39 is 24.3 Å². The van der Waals surface area contributed by atoms with Gasteiger partial charge in [0.1, 0.15) is 17.2 Å². The fraction of sp³-hybridized carbons (Fsp3) is 0.174. The van der Waals surface area contributed by atoms with Crippen LogP contribution in [0, 0.1) is 13.8 Å². The number of hydrogen-bond acceptors (Lipinski definition) is 5. The summed E-state index contributed by atoms with van der Waals surface area (Å²) in [6.07, 6.45) is -2.88. The minimum Gasteiger partial charge on any atom is -0.475 e. The minimum absolute atomic E-state index is 0.227. The summed E-state index contributed by atoms with van der Waals surface area (Å²) in [4.78, 5) is 38.9. The molecule has 3 heterocycles. The lowest BCUT2D eigenvalue weighted by Gasteiger charge is -2.07. The summed E-state index contributed by atoms with van der Waals surface area (Å²) in [5, 5.41) is 17.1. The van der Waals surface area contributed by atoms with Gasteiger partial charge in [0, 0.05) is 36.2 Å². The fourth-order valence-electron chi connectivity index (χ4n) is 2.81. The zero-order valence-corrected chi connectivity index (χ0v) is 19.9. The predicted octanol–water partition coefficient (Wildman–Crippen LogP) is 4.66. The fourth-order valence-corrected chi connectivity index (χ4v) is 2.81. The molecule has 4 rings (SSSR count). The normalized spacial score (nSPS) is 11.1. The van der Waals surface area contributed by atoms with Crippen LogP contribution in [-0.4, -0.2) is 59.3 Å². The number of halogens is 6. The molecule has 16 heteroatoms. The molecule has 0 unspecified atom stereocenters. The van der Waals surface area contributed by atoms with Crippen molar-refractivity contribution < 1.29 is 50.9 Å². The molecule has 208 valence electrons. The van der Waals surface area contributed by atoms with E-state index in [4.69, 9.17) is 19.8 Å². The van der Waals surface area contributed by atoms with E-state index in [1.165, 1.54) is 0 Å². The van der Waals surface area contributed by atoms with Crippen LogP contribution in [0.25, 0.3) is 11.3 Å². The highest BCUT2D eigenvalue weighted by Gasteiger charge is 2.38. The summed E-state index contributed by atoms with van der Waals surface area (Å²) in [5.74, 6) is -4.83. The number of aliphatic carboxylic acids is 2. The monoisotopic (exact) mass is 559 g/mol. The van der Waals surface area contributed by atoms with Gasteiger partial charge in [-0.2, -0.15) is 26.3 Å². The van der Waals surface area contributed by atoms with Crippen molar-refractivity contribution in [3.8, 4) is 5.69 Å². The second kappa shape index (κ2) is 12.1.